The molecule has 0 aromatic heterocycles. The smallest absolute Gasteiger partial charge is 0.305 e. The lowest BCUT2D eigenvalue weighted by atomic mass is 10.1. The monoisotopic (exact) mass is 336 g/mol. The van der Waals surface area contributed by atoms with E-state index in [1.54, 1.807) is 0 Å². The van der Waals surface area contributed by atoms with E-state index in [0.717, 1.165) is 19.3 Å². The van der Waals surface area contributed by atoms with Gasteiger partial charge in [0.2, 0.25) is 0 Å². The van der Waals surface area contributed by atoms with Gasteiger partial charge in [-0.05, 0) is 32.1 Å². The first-order valence-electron chi connectivity index (χ1n) is 10.8. The summed E-state index contributed by atoms with van der Waals surface area (Å²) < 4.78 is 41.1. The van der Waals surface area contributed by atoms with Crippen molar-refractivity contribution in [1.29, 1.82) is 0 Å². The SMILES string of the molecule is [2H]/C(C\C=C/C=C/C=C/[C@@H]1O[C@H]1CC([2H])C([2H])C(=O)OC)=C(\[2H])CCCCC. The molecule has 134 valence electrons. The Labute approximate surface area is 152 Å². The van der Waals surface area contributed by atoms with Crippen molar-refractivity contribution in [1.82, 2.24) is 0 Å². The van der Waals surface area contributed by atoms with E-state index >= 15 is 0 Å². The van der Waals surface area contributed by atoms with Gasteiger partial charge in [-0.3, -0.25) is 4.79 Å². The first-order chi connectivity index (χ1) is 13.4. The minimum atomic E-state index is -1.20. The Hall–Kier alpha value is -1.61. The third kappa shape index (κ3) is 11.0. The van der Waals surface area contributed by atoms with Crippen molar-refractivity contribution in [2.45, 2.75) is 70.5 Å². The Bertz CT molecular complexity index is 598. The molecule has 1 aliphatic rings. The topological polar surface area (TPSA) is 38.8 Å². The van der Waals surface area contributed by atoms with Crippen molar-refractivity contribution in [3.8, 4) is 0 Å². The highest BCUT2D eigenvalue weighted by Crippen LogP contribution is 2.28. The molecular formula is C21H32O3. The fourth-order valence-corrected chi connectivity index (χ4v) is 2.01. The maximum absolute atomic E-state index is 11.2. The van der Waals surface area contributed by atoms with Crippen LogP contribution in [0.25, 0.3) is 0 Å². The molecule has 1 rings (SSSR count). The maximum Gasteiger partial charge on any atom is 0.305 e. The van der Waals surface area contributed by atoms with Gasteiger partial charge in [0.15, 0.2) is 0 Å². The number of unbranched alkanes of at least 4 members (excludes halogenated alkanes) is 2. The van der Waals surface area contributed by atoms with Gasteiger partial charge in [-0.1, -0.05) is 68.3 Å². The van der Waals surface area contributed by atoms with Crippen LogP contribution in [0.5, 0.6) is 0 Å². The van der Waals surface area contributed by atoms with Gasteiger partial charge in [-0.2, -0.15) is 0 Å². The average molecular weight is 337 g/mol. The minimum Gasteiger partial charge on any atom is -0.469 e. The molecule has 1 heterocycles. The predicted molar refractivity (Wildman–Crippen MR) is 99.8 cm³/mol. The number of hydrogen-bond acceptors (Lipinski definition) is 3. The van der Waals surface area contributed by atoms with Gasteiger partial charge in [-0.15, -0.1) is 0 Å². The first kappa shape index (κ1) is 14.7. The zero-order valence-electron chi connectivity index (χ0n) is 18.7. The van der Waals surface area contributed by atoms with E-state index in [1.165, 1.54) is 7.11 Å². The molecule has 1 fully saturated rings. The van der Waals surface area contributed by atoms with Crippen LogP contribution in [0, 0.1) is 0 Å². The van der Waals surface area contributed by atoms with E-state index in [9.17, 15) is 4.79 Å². The molecule has 0 spiro atoms. The van der Waals surface area contributed by atoms with Crippen LogP contribution in [0.4, 0.5) is 0 Å². The van der Waals surface area contributed by atoms with Crippen LogP contribution in [0.1, 0.15) is 63.7 Å². The third-order valence-corrected chi connectivity index (χ3v) is 3.47. The summed E-state index contributed by atoms with van der Waals surface area (Å²) in [6.07, 6.45) is 13.6. The summed E-state index contributed by atoms with van der Waals surface area (Å²) in [7, 11) is 1.22. The standard InChI is InChI=1S/C21H32O3/c1-3-4-5-6-7-8-9-10-11-12-13-14-16-19-20(24-19)17-15-18-21(22)23-2/h7-8,10-14,16,19-20H,3-6,9,15,17-18H2,1-2H3/b8-7-,11-10-,13-12+,16-14+/t19-,20-/m0/s1/i7D,8D,15D,18D/t15?,18?,19-,20-. The summed E-state index contributed by atoms with van der Waals surface area (Å²) in [5, 5.41) is 0. The molecule has 0 aliphatic carbocycles. The summed E-state index contributed by atoms with van der Waals surface area (Å²) in [6, 6.07) is 0.795. The number of rotatable bonds is 13. The van der Waals surface area contributed by atoms with Crippen molar-refractivity contribution in [3.63, 3.8) is 0 Å². The molecule has 3 nitrogen and oxygen atoms in total. The highest BCUT2D eigenvalue weighted by Gasteiger charge is 2.35. The molecule has 1 aliphatic heterocycles. The van der Waals surface area contributed by atoms with Crippen LogP contribution >= 0.6 is 0 Å². The number of methoxy groups -OCH3 is 1. The Morgan fingerprint density at radius 3 is 2.88 bits per heavy atom. The van der Waals surface area contributed by atoms with Crippen LogP contribution in [0.3, 0.4) is 0 Å². The lowest BCUT2D eigenvalue weighted by molar-refractivity contribution is -0.140. The second-order valence-electron chi connectivity index (χ2n) is 5.51. The third-order valence-electron chi connectivity index (χ3n) is 3.47. The number of epoxide rings is 1. The van der Waals surface area contributed by atoms with Crippen molar-refractivity contribution >= 4 is 5.97 Å². The quantitative estimate of drug-likeness (QED) is 0.151. The highest BCUT2D eigenvalue weighted by molar-refractivity contribution is 5.68. The predicted octanol–water partition coefficient (Wildman–Crippen LogP) is 5.29. The molecule has 2 unspecified atom stereocenters. The highest BCUT2D eigenvalue weighted by atomic mass is 16.6. The van der Waals surface area contributed by atoms with E-state index in [1.807, 2.05) is 36.5 Å². The van der Waals surface area contributed by atoms with Crippen molar-refractivity contribution < 1.29 is 19.8 Å². The number of ether oxygens (including phenoxy) is 2. The minimum absolute atomic E-state index is 0.0805. The average Bonchev–Trinajstić information content (AvgIpc) is 3.43. The van der Waals surface area contributed by atoms with Crippen LogP contribution in [0.15, 0.2) is 48.6 Å². The lowest BCUT2D eigenvalue weighted by Gasteiger charge is -1.96. The Kier molecular flexibility index (Phi) is 8.45. The maximum atomic E-state index is 11.2. The zero-order valence-corrected chi connectivity index (χ0v) is 14.7. The molecule has 24 heavy (non-hydrogen) atoms. The Morgan fingerprint density at radius 2 is 2.08 bits per heavy atom. The summed E-state index contributed by atoms with van der Waals surface area (Å²) in [5.41, 5.74) is 0. The van der Waals surface area contributed by atoms with E-state index in [-0.39, 0.29) is 12.2 Å². The Balaban J connectivity index is 2.26. The summed E-state index contributed by atoms with van der Waals surface area (Å²) in [6.45, 7) is 2.12. The summed E-state index contributed by atoms with van der Waals surface area (Å²) >= 11 is 0. The number of carbonyl (C=O) groups excluding carboxylic acids is 1. The van der Waals surface area contributed by atoms with Gasteiger partial charge in [0, 0.05) is 9.14 Å². The van der Waals surface area contributed by atoms with E-state index in [4.69, 9.17) is 10.2 Å². The molecular weight excluding hydrogens is 300 g/mol. The molecule has 0 amide bonds. The van der Waals surface area contributed by atoms with Crippen molar-refractivity contribution in [2.75, 3.05) is 7.11 Å². The van der Waals surface area contributed by atoms with Gasteiger partial charge < -0.3 is 9.47 Å². The molecule has 4 atom stereocenters. The normalized spacial score (nSPS) is 26.6. The van der Waals surface area contributed by atoms with Crippen LogP contribution < -0.4 is 0 Å². The van der Waals surface area contributed by atoms with Crippen molar-refractivity contribution in [2.24, 2.45) is 0 Å². The molecule has 0 bridgehead atoms. The van der Waals surface area contributed by atoms with Crippen LogP contribution in [0.2, 0.25) is 0 Å². The van der Waals surface area contributed by atoms with Gasteiger partial charge >= 0.3 is 5.97 Å². The largest absolute Gasteiger partial charge is 0.469 e. The molecule has 3 heteroatoms. The van der Waals surface area contributed by atoms with Crippen LogP contribution in [-0.4, -0.2) is 25.3 Å². The van der Waals surface area contributed by atoms with Crippen molar-refractivity contribution in [3.05, 3.63) is 48.6 Å². The number of esters is 1. The van der Waals surface area contributed by atoms with Gasteiger partial charge in [-0.25, -0.2) is 0 Å². The van der Waals surface area contributed by atoms with Gasteiger partial charge in [0.05, 0.1) is 16.0 Å². The molecule has 1 saturated heterocycles. The fourth-order valence-electron chi connectivity index (χ4n) is 2.01. The summed E-state index contributed by atoms with van der Waals surface area (Å²) in [5.74, 6) is -0.688. The molecule has 0 radical (unpaired) electrons. The number of allylic oxidation sites excluding steroid dienone is 7. The second kappa shape index (κ2) is 13.8. The zero-order chi connectivity index (χ0) is 20.9. The summed E-state index contributed by atoms with van der Waals surface area (Å²) in [4.78, 5) is 11.2. The first-order valence-corrected chi connectivity index (χ1v) is 8.63. The van der Waals surface area contributed by atoms with E-state index in [0.29, 0.717) is 31.4 Å². The second-order valence-corrected chi connectivity index (χ2v) is 5.51. The van der Waals surface area contributed by atoms with Gasteiger partial charge in [0.1, 0.15) is 6.10 Å². The lowest BCUT2D eigenvalue weighted by Crippen LogP contribution is -2.01. The van der Waals surface area contributed by atoms with Crippen LogP contribution in [-0.2, 0) is 14.3 Å². The molecule has 0 aromatic rings. The Morgan fingerprint density at radius 1 is 1.25 bits per heavy atom. The fraction of sp³-hybridized carbons (Fsp3) is 0.571. The number of hydrogen-bond donors (Lipinski definition) is 0. The molecule has 0 aromatic carbocycles. The molecule has 0 saturated carbocycles. The van der Waals surface area contributed by atoms with E-state index < -0.39 is 18.8 Å². The van der Waals surface area contributed by atoms with Gasteiger partial charge in [0.25, 0.3) is 0 Å². The van der Waals surface area contributed by atoms with E-state index in [2.05, 4.69) is 11.7 Å². The molecule has 0 N–H and O–H groups in total. The number of carbonyl (C=O) groups is 1.